The Balaban J connectivity index is 1.50. The maximum Gasteiger partial charge on any atom is 0.317 e. The van der Waals surface area contributed by atoms with E-state index in [9.17, 15) is 4.79 Å². The standard InChI is InChI=1S/C17H21ClN4O2/c1-12-20-16(21-24-12)14-6-4-10-22(11-14)17(23)19-9-8-13-5-2-3-7-15(13)18/h2-3,5,7,14H,4,6,8-11H2,1H3,(H,19,23)/t14-/m1/s1. The number of halogens is 1. The summed E-state index contributed by atoms with van der Waals surface area (Å²) in [7, 11) is 0. The zero-order valence-electron chi connectivity index (χ0n) is 13.7. The molecular formula is C17H21ClN4O2. The summed E-state index contributed by atoms with van der Waals surface area (Å²) in [6.07, 6.45) is 2.63. The second-order valence-electron chi connectivity index (χ2n) is 6.03. The lowest BCUT2D eigenvalue weighted by Crippen LogP contribution is -2.45. The van der Waals surface area contributed by atoms with Gasteiger partial charge >= 0.3 is 6.03 Å². The topological polar surface area (TPSA) is 71.3 Å². The molecule has 128 valence electrons. The number of urea groups is 1. The summed E-state index contributed by atoms with van der Waals surface area (Å²) in [5.74, 6) is 1.40. The predicted molar refractivity (Wildman–Crippen MR) is 91.1 cm³/mol. The first-order valence-electron chi connectivity index (χ1n) is 8.20. The van der Waals surface area contributed by atoms with Gasteiger partial charge in [0.25, 0.3) is 0 Å². The first-order chi connectivity index (χ1) is 11.6. The van der Waals surface area contributed by atoms with Crippen LogP contribution in [0.25, 0.3) is 0 Å². The number of rotatable bonds is 4. The number of nitrogens with zero attached hydrogens (tertiary/aromatic N) is 3. The fraction of sp³-hybridized carbons (Fsp3) is 0.471. The van der Waals surface area contributed by atoms with Crippen molar-refractivity contribution in [3.8, 4) is 0 Å². The lowest BCUT2D eigenvalue weighted by molar-refractivity contribution is 0.178. The number of aromatic nitrogens is 2. The molecular weight excluding hydrogens is 328 g/mol. The highest BCUT2D eigenvalue weighted by Gasteiger charge is 2.27. The number of piperidine rings is 1. The fourth-order valence-corrected chi connectivity index (χ4v) is 3.20. The molecule has 2 heterocycles. The smallest absolute Gasteiger partial charge is 0.317 e. The molecule has 1 aromatic heterocycles. The second-order valence-corrected chi connectivity index (χ2v) is 6.44. The van der Waals surface area contributed by atoms with E-state index < -0.39 is 0 Å². The summed E-state index contributed by atoms with van der Waals surface area (Å²) in [6.45, 7) is 3.71. The SMILES string of the molecule is Cc1nc([C@@H]2CCCN(C(=O)NCCc3ccccc3Cl)C2)no1. The van der Waals surface area contributed by atoms with Crippen LogP contribution in [0.3, 0.4) is 0 Å². The van der Waals surface area contributed by atoms with Crippen LogP contribution >= 0.6 is 11.6 Å². The van der Waals surface area contributed by atoms with Crippen LogP contribution in [0.5, 0.6) is 0 Å². The molecule has 1 N–H and O–H groups in total. The molecule has 2 amide bonds. The molecule has 0 aliphatic carbocycles. The summed E-state index contributed by atoms with van der Waals surface area (Å²) >= 11 is 6.13. The Morgan fingerprint density at radius 3 is 3.04 bits per heavy atom. The predicted octanol–water partition coefficient (Wildman–Crippen LogP) is 3.16. The van der Waals surface area contributed by atoms with Gasteiger partial charge in [0.05, 0.1) is 0 Å². The summed E-state index contributed by atoms with van der Waals surface area (Å²) < 4.78 is 5.05. The van der Waals surface area contributed by atoms with E-state index in [1.807, 2.05) is 29.2 Å². The maximum atomic E-state index is 12.4. The van der Waals surface area contributed by atoms with E-state index >= 15 is 0 Å². The van der Waals surface area contributed by atoms with Crippen LogP contribution in [-0.2, 0) is 6.42 Å². The molecule has 6 nitrogen and oxygen atoms in total. The normalized spacial score (nSPS) is 17.8. The number of nitrogens with one attached hydrogen (secondary N) is 1. The molecule has 0 radical (unpaired) electrons. The average molecular weight is 349 g/mol. The van der Waals surface area contributed by atoms with Crippen molar-refractivity contribution in [2.24, 2.45) is 0 Å². The molecule has 1 aliphatic heterocycles. The number of hydrogen-bond acceptors (Lipinski definition) is 4. The Bertz CT molecular complexity index is 703. The molecule has 7 heteroatoms. The minimum atomic E-state index is -0.0491. The zero-order valence-corrected chi connectivity index (χ0v) is 14.4. The molecule has 2 aromatic rings. The molecule has 24 heavy (non-hydrogen) atoms. The van der Waals surface area contributed by atoms with Crippen molar-refractivity contribution < 1.29 is 9.32 Å². The van der Waals surface area contributed by atoms with Gasteiger partial charge in [0.1, 0.15) is 0 Å². The third kappa shape index (κ3) is 4.06. The van der Waals surface area contributed by atoms with Gasteiger partial charge in [0.15, 0.2) is 5.82 Å². The molecule has 1 fully saturated rings. The number of amides is 2. The van der Waals surface area contributed by atoms with E-state index in [0.717, 1.165) is 30.0 Å². The van der Waals surface area contributed by atoms with E-state index in [2.05, 4.69) is 15.5 Å². The number of hydrogen-bond donors (Lipinski definition) is 1. The molecule has 1 aliphatic rings. The highest BCUT2D eigenvalue weighted by molar-refractivity contribution is 6.31. The van der Waals surface area contributed by atoms with Crippen LogP contribution in [0.15, 0.2) is 28.8 Å². The van der Waals surface area contributed by atoms with E-state index in [0.29, 0.717) is 31.2 Å². The minimum Gasteiger partial charge on any atom is -0.340 e. The van der Waals surface area contributed by atoms with Crippen molar-refractivity contribution >= 4 is 17.6 Å². The van der Waals surface area contributed by atoms with Crippen LogP contribution in [0.2, 0.25) is 5.02 Å². The van der Waals surface area contributed by atoms with E-state index in [-0.39, 0.29) is 11.9 Å². The third-order valence-electron chi connectivity index (χ3n) is 4.25. The Morgan fingerprint density at radius 1 is 1.46 bits per heavy atom. The highest BCUT2D eigenvalue weighted by Crippen LogP contribution is 2.24. The van der Waals surface area contributed by atoms with Crippen LogP contribution in [-0.4, -0.2) is 40.7 Å². The zero-order chi connectivity index (χ0) is 16.9. The highest BCUT2D eigenvalue weighted by atomic mass is 35.5. The molecule has 0 unspecified atom stereocenters. The van der Waals surface area contributed by atoms with Gasteiger partial charge in [-0.1, -0.05) is 35.0 Å². The van der Waals surface area contributed by atoms with Gasteiger partial charge in [0, 0.05) is 37.5 Å². The summed E-state index contributed by atoms with van der Waals surface area (Å²) in [5, 5.41) is 7.69. The molecule has 1 aromatic carbocycles. The van der Waals surface area contributed by atoms with Gasteiger partial charge < -0.3 is 14.7 Å². The first-order valence-corrected chi connectivity index (χ1v) is 8.57. The monoisotopic (exact) mass is 348 g/mol. The number of benzene rings is 1. The van der Waals surface area contributed by atoms with Gasteiger partial charge in [-0.15, -0.1) is 0 Å². The van der Waals surface area contributed by atoms with Crippen molar-refractivity contribution in [2.75, 3.05) is 19.6 Å². The van der Waals surface area contributed by atoms with Gasteiger partial charge in [0.2, 0.25) is 5.89 Å². The molecule has 0 bridgehead atoms. The molecule has 0 spiro atoms. The number of carbonyl (C=O) groups excluding carboxylic acids is 1. The Morgan fingerprint density at radius 2 is 2.29 bits per heavy atom. The molecule has 1 atom stereocenters. The van der Waals surface area contributed by atoms with Crippen molar-refractivity contribution in [3.63, 3.8) is 0 Å². The lowest BCUT2D eigenvalue weighted by atomic mass is 9.98. The average Bonchev–Trinajstić information content (AvgIpc) is 3.03. The largest absolute Gasteiger partial charge is 0.340 e. The number of carbonyl (C=O) groups is 1. The van der Waals surface area contributed by atoms with Gasteiger partial charge in [-0.3, -0.25) is 0 Å². The van der Waals surface area contributed by atoms with Gasteiger partial charge in [-0.25, -0.2) is 4.79 Å². The Hall–Kier alpha value is -2.08. The first kappa shape index (κ1) is 16.8. The van der Waals surface area contributed by atoms with Crippen LogP contribution < -0.4 is 5.32 Å². The van der Waals surface area contributed by atoms with Crippen LogP contribution in [0, 0.1) is 6.92 Å². The quantitative estimate of drug-likeness (QED) is 0.921. The molecule has 3 rings (SSSR count). The van der Waals surface area contributed by atoms with Crippen LogP contribution in [0.1, 0.15) is 36.0 Å². The van der Waals surface area contributed by atoms with Crippen molar-refractivity contribution in [2.45, 2.75) is 32.1 Å². The van der Waals surface area contributed by atoms with E-state index in [4.69, 9.17) is 16.1 Å². The van der Waals surface area contributed by atoms with Crippen LogP contribution in [0.4, 0.5) is 4.79 Å². The number of likely N-dealkylation sites (tertiary alicyclic amines) is 1. The maximum absolute atomic E-state index is 12.4. The molecule has 0 saturated carbocycles. The lowest BCUT2D eigenvalue weighted by Gasteiger charge is -2.31. The van der Waals surface area contributed by atoms with Gasteiger partial charge in [-0.05, 0) is 30.9 Å². The second kappa shape index (κ2) is 7.66. The fourth-order valence-electron chi connectivity index (χ4n) is 2.97. The third-order valence-corrected chi connectivity index (χ3v) is 4.61. The van der Waals surface area contributed by atoms with E-state index in [1.54, 1.807) is 6.92 Å². The van der Waals surface area contributed by atoms with Crippen molar-refractivity contribution in [1.29, 1.82) is 0 Å². The Kier molecular flexibility index (Phi) is 5.35. The van der Waals surface area contributed by atoms with Crippen molar-refractivity contribution in [3.05, 3.63) is 46.6 Å². The van der Waals surface area contributed by atoms with Crippen molar-refractivity contribution in [1.82, 2.24) is 20.4 Å². The number of aryl methyl sites for hydroxylation is 1. The summed E-state index contributed by atoms with van der Waals surface area (Å²) in [6, 6.07) is 7.64. The summed E-state index contributed by atoms with van der Waals surface area (Å²) in [5.41, 5.74) is 1.04. The molecule has 1 saturated heterocycles. The van der Waals surface area contributed by atoms with E-state index in [1.165, 1.54) is 0 Å². The minimum absolute atomic E-state index is 0.0491. The van der Waals surface area contributed by atoms with Gasteiger partial charge in [-0.2, -0.15) is 4.98 Å². The summed E-state index contributed by atoms with van der Waals surface area (Å²) in [4.78, 5) is 18.5. The Labute approximate surface area is 146 Å².